The van der Waals surface area contributed by atoms with Crippen molar-refractivity contribution in [3.63, 3.8) is 0 Å². The summed E-state index contributed by atoms with van der Waals surface area (Å²) in [7, 11) is 0. The first kappa shape index (κ1) is 19.5. The molecule has 0 atom stereocenters. The van der Waals surface area contributed by atoms with Crippen LogP contribution in [0.15, 0.2) is 103 Å². The Morgan fingerprint density at radius 1 is 0.800 bits per heavy atom. The van der Waals surface area contributed by atoms with Crippen molar-refractivity contribution in [3.8, 4) is 5.75 Å². The number of fused-ring (bicyclic) bond motifs is 1. The van der Waals surface area contributed by atoms with Crippen molar-refractivity contribution in [2.75, 3.05) is 11.9 Å². The van der Waals surface area contributed by atoms with E-state index in [4.69, 9.17) is 4.74 Å². The van der Waals surface area contributed by atoms with Crippen LogP contribution in [0.25, 0.3) is 16.8 Å². The molecule has 0 spiro atoms. The summed E-state index contributed by atoms with van der Waals surface area (Å²) in [6.45, 7) is 0.615. The van der Waals surface area contributed by atoms with E-state index in [2.05, 4.69) is 35.6 Å². The third-order valence-corrected chi connectivity index (χ3v) is 4.86. The molecule has 4 aromatic rings. The highest BCUT2D eigenvalue weighted by atomic mass is 16.5. The molecule has 0 fully saturated rings. The molecule has 0 saturated heterocycles. The van der Waals surface area contributed by atoms with Gasteiger partial charge in [-0.05, 0) is 52.2 Å². The van der Waals surface area contributed by atoms with Gasteiger partial charge in [0.05, 0.1) is 6.61 Å². The summed E-state index contributed by atoms with van der Waals surface area (Å²) >= 11 is 0. The zero-order valence-electron chi connectivity index (χ0n) is 16.6. The molecule has 0 radical (unpaired) electrons. The van der Waals surface area contributed by atoms with Crippen LogP contribution in [0.4, 0.5) is 5.69 Å². The first-order valence-electron chi connectivity index (χ1n) is 10.0. The fourth-order valence-electron chi connectivity index (χ4n) is 3.31. The van der Waals surface area contributed by atoms with E-state index >= 15 is 0 Å². The molecule has 148 valence electrons. The van der Waals surface area contributed by atoms with Crippen LogP contribution in [0.2, 0.25) is 0 Å². The number of rotatable bonds is 7. The molecule has 0 saturated carbocycles. The molecule has 0 aromatic heterocycles. The van der Waals surface area contributed by atoms with E-state index < -0.39 is 0 Å². The highest BCUT2D eigenvalue weighted by molar-refractivity contribution is 6.03. The smallest absolute Gasteiger partial charge is 0.248 e. The van der Waals surface area contributed by atoms with Gasteiger partial charge in [0.1, 0.15) is 5.75 Å². The van der Waals surface area contributed by atoms with Crippen LogP contribution in [0.1, 0.15) is 11.1 Å². The van der Waals surface area contributed by atoms with Crippen molar-refractivity contribution in [1.82, 2.24) is 0 Å². The Hall–Kier alpha value is -3.85. The Labute approximate surface area is 176 Å². The van der Waals surface area contributed by atoms with E-state index in [9.17, 15) is 4.79 Å². The van der Waals surface area contributed by atoms with Crippen LogP contribution < -0.4 is 10.1 Å². The van der Waals surface area contributed by atoms with Crippen molar-refractivity contribution in [1.29, 1.82) is 0 Å². The SMILES string of the molecule is O=C(/C=C/c1cccc2ccccc12)Nc1ccc(OCCc2ccccc2)cc1. The zero-order chi connectivity index (χ0) is 20.6. The van der Waals surface area contributed by atoms with Gasteiger partial charge in [0, 0.05) is 18.2 Å². The predicted octanol–water partition coefficient (Wildman–Crippen LogP) is 6.11. The number of benzene rings is 4. The monoisotopic (exact) mass is 393 g/mol. The Morgan fingerprint density at radius 3 is 2.37 bits per heavy atom. The van der Waals surface area contributed by atoms with Crippen LogP contribution in [0.3, 0.4) is 0 Å². The summed E-state index contributed by atoms with van der Waals surface area (Å²) in [5.74, 6) is 0.621. The van der Waals surface area contributed by atoms with Gasteiger partial charge in [-0.15, -0.1) is 0 Å². The molecule has 30 heavy (non-hydrogen) atoms. The highest BCUT2D eigenvalue weighted by Gasteiger charge is 2.01. The molecule has 0 aliphatic heterocycles. The van der Waals surface area contributed by atoms with Crippen LogP contribution in [-0.2, 0) is 11.2 Å². The second kappa shape index (κ2) is 9.57. The lowest BCUT2D eigenvalue weighted by Crippen LogP contribution is -2.07. The Morgan fingerprint density at radius 2 is 1.53 bits per heavy atom. The van der Waals surface area contributed by atoms with Gasteiger partial charge in [0.15, 0.2) is 0 Å². The number of hydrogen-bond acceptors (Lipinski definition) is 2. The van der Waals surface area contributed by atoms with Gasteiger partial charge >= 0.3 is 0 Å². The molecule has 3 nitrogen and oxygen atoms in total. The maximum absolute atomic E-state index is 12.3. The van der Waals surface area contributed by atoms with Crippen molar-refractivity contribution < 1.29 is 9.53 Å². The van der Waals surface area contributed by atoms with Gasteiger partial charge < -0.3 is 10.1 Å². The maximum Gasteiger partial charge on any atom is 0.248 e. The minimum Gasteiger partial charge on any atom is -0.493 e. The number of carbonyl (C=O) groups excluding carboxylic acids is 1. The third-order valence-electron chi connectivity index (χ3n) is 4.86. The molecule has 1 amide bonds. The molecule has 0 unspecified atom stereocenters. The summed E-state index contributed by atoms with van der Waals surface area (Å²) in [5.41, 5.74) is 3.00. The van der Waals surface area contributed by atoms with Gasteiger partial charge in [0.25, 0.3) is 0 Å². The maximum atomic E-state index is 12.3. The van der Waals surface area contributed by atoms with Gasteiger partial charge in [-0.3, -0.25) is 4.79 Å². The van der Waals surface area contributed by atoms with Crippen LogP contribution >= 0.6 is 0 Å². The number of hydrogen-bond donors (Lipinski definition) is 1. The van der Waals surface area contributed by atoms with E-state index in [1.54, 1.807) is 6.08 Å². The summed E-state index contributed by atoms with van der Waals surface area (Å²) < 4.78 is 5.79. The number of anilines is 1. The summed E-state index contributed by atoms with van der Waals surface area (Å²) in [6, 6.07) is 31.9. The first-order valence-corrected chi connectivity index (χ1v) is 10.0. The minimum absolute atomic E-state index is 0.166. The van der Waals surface area contributed by atoms with Crippen molar-refractivity contribution >= 4 is 28.4 Å². The standard InChI is InChI=1S/C27H23NO2/c29-27(18-13-23-11-6-10-22-9-4-5-12-26(22)23)28-24-14-16-25(17-15-24)30-20-19-21-7-2-1-3-8-21/h1-18H,19-20H2,(H,28,29)/b18-13+. The molecule has 3 heteroatoms. The molecule has 0 aliphatic rings. The largest absolute Gasteiger partial charge is 0.493 e. The number of nitrogens with one attached hydrogen (secondary N) is 1. The Bertz CT molecular complexity index is 1140. The van der Waals surface area contributed by atoms with Crippen molar-refractivity contribution in [3.05, 3.63) is 114 Å². The lowest BCUT2D eigenvalue weighted by atomic mass is 10.0. The summed E-state index contributed by atoms with van der Waals surface area (Å²) in [5, 5.41) is 5.17. The Balaban J connectivity index is 1.31. The first-order chi connectivity index (χ1) is 14.8. The van der Waals surface area contributed by atoms with E-state index in [0.29, 0.717) is 6.61 Å². The fourth-order valence-corrected chi connectivity index (χ4v) is 3.31. The number of ether oxygens (including phenoxy) is 1. The molecule has 0 bridgehead atoms. The zero-order valence-corrected chi connectivity index (χ0v) is 16.6. The van der Waals surface area contributed by atoms with Crippen LogP contribution in [0, 0.1) is 0 Å². The van der Waals surface area contributed by atoms with E-state index in [0.717, 1.165) is 34.2 Å². The average Bonchev–Trinajstić information content (AvgIpc) is 2.79. The van der Waals surface area contributed by atoms with Crippen LogP contribution in [-0.4, -0.2) is 12.5 Å². The average molecular weight is 393 g/mol. The van der Waals surface area contributed by atoms with Gasteiger partial charge in [0.2, 0.25) is 5.91 Å². The van der Waals surface area contributed by atoms with E-state index in [1.807, 2.05) is 72.8 Å². The molecule has 4 aromatic carbocycles. The molecular weight excluding hydrogens is 370 g/mol. The Kier molecular flexibility index (Phi) is 6.21. The van der Waals surface area contributed by atoms with Gasteiger partial charge in [-0.2, -0.15) is 0 Å². The quantitative estimate of drug-likeness (QED) is 0.385. The summed E-state index contributed by atoms with van der Waals surface area (Å²) in [4.78, 5) is 12.3. The second-order valence-electron chi connectivity index (χ2n) is 7.00. The second-order valence-corrected chi connectivity index (χ2v) is 7.00. The lowest BCUT2D eigenvalue weighted by molar-refractivity contribution is -0.111. The highest BCUT2D eigenvalue weighted by Crippen LogP contribution is 2.20. The normalized spacial score (nSPS) is 10.9. The lowest BCUT2D eigenvalue weighted by Gasteiger charge is -2.08. The molecule has 4 rings (SSSR count). The number of amides is 1. The fraction of sp³-hybridized carbons (Fsp3) is 0.0741. The summed E-state index contributed by atoms with van der Waals surface area (Å²) in [6.07, 6.45) is 4.27. The third kappa shape index (κ3) is 5.15. The minimum atomic E-state index is -0.166. The van der Waals surface area contributed by atoms with Gasteiger partial charge in [-0.1, -0.05) is 72.8 Å². The predicted molar refractivity (Wildman–Crippen MR) is 124 cm³/mol. The van der Waals surface area contributed by atoms with Crippen molar-refractivity contribution in [2.24, 2.45) is 0 Å². The molecular formula is C27H23NO2. The van der Waals surface area contributed by atoms with E-state index in [-0.39, 0.29) is 5.91 Å². The molecule has 0 heterocycles. The topological polar surface area (TPSA) is 38.3 Å². The van der Waals surface area contributed by atoms with Crippen molar-refractivity contribution in [2.45, 2.75) is 6.42 Å². The van der Waals surface area contributed by atoms with Gasteiger partial charge in [-0.25, -0.2) is 0 Å². The van der Waals surface area contributed by atoms with Crippen LogP contribution in [0.5, 0.6) is 5.75 Å². The molecule has 0 aliphatic carbocycles. The van der Waals surface area contributed by atoms with E-state index in [1.165, 1.54) is 5.56 Å². The molecule has 1 N–H and O–H groups in total. The number of carbonyl (C=O) groups is 1.